The van der Waals surface area contributed by atoms with Crippen molar-refractivity contribution in [3.63, 3.8) is 0 Å². The van der Waals surface area contributed by atoms with Crippen LogP contribution in [0.25, 0.3) is 0 Å². The van der Waals surface area contributed by atoms with Crippen LogP contribution in [0, 0.1) is 23.6 Å². The van der Waals surface area contributed by atoms with Crippen molar-refractivity contribution in [3.05, 3.63) is 22.5 Å². The molecule has 1 aliphatic carbocycles. The van der Waals surface area contributed by atoms with Crippen LogP contribution in [-0.2, 0) is 14.3 Å². The number of rotatable bonds is 4. The molecule has 2 aliphatic rings. The van der Waals surface area contributed by atoms with Gasteiger partial charge in [0.25, 0.3) is 0 Å². The number of hydrogen-bond acceptors (Lipinski definition) is 7. The van der Waals surface area contributed by atoms with Gasteiger partial charge in [0, 0.05) is 5.75 Å². The van der Waals surface area contributed by atoms with E-state index in [0.29, 0.717) is 23.5 Å². The van der Waals surface area contributed by atoms with E-state index in [1.807, 2.05) is 0 Å². The summed E-state index contributed by atoms with van der Waals surface area (Å²) in [5.41, 5.74) is 3.74. The predicted octanol–water partition coefficient (Wildman–Crippen LogP) is 2.56. The first-order valence-electron chi connectivity index (χ1n) is 9.28. The van der Waals surface area contributed by atoms with Gasteiger partial charge in [0.15, 0.2) is 11.6 Å². The van der Waals surface area contributed by atoms with Crippen molar-refractivity contribution in [1.29, 1.82) is 0 Å². The van der Waals surface area contributed by atoms with E-state index in [4.69, 9.17) is 15.2 Å². The van der Waals surface area contributed by atoms with E-state index in [0.717, 1.165) is 30.0 Å². The monoisotopic (exact) mass is 399 g/mol. The number of hydrogen-bond donors (Lipinski definition) is 1. The summed E-state index contributed by atoms with van der Waals surface area (Å²) in [6.07, 6.45) is 3.09. The van der Waals surface area contributed by atoms with Gasteiger partial charge in [-0.2, -0.15) is 4.98 Å². The second kappa shape index (κ2) is 8.18. The molecule has 1 saturated heterocycles. The first-order chi connectivity index (χ1) is 12.8. The zero-order chi connectivity index (χ0) is 19.7. The molecule has 5 atom stereocenters. The Bertz CT molecular complexity index is 757. The van der Waals surface area contributed by atoms with Gasteiger partial charge in [0.2, 0.25) is 5.44 Å². The summed E-state index contributed by atoms with van der Waals surface area (Å²) >= 11 is 1.23. The van der Waals surface area contributed by atoms with Crippen LogP contribution < -0.4 is 11.4 Å². The molecule has 7 nitrogen and oxygen atoms in total. The van der Waals surface area contributed by atoms with E-state index < -0.39 is 35.0 Å². The van der Waals surface area contributed by atoms with Crippen LogP contribution in [0.4, 0.5) is 10.2 Å². The highest BCUT2D eigenvalue weighted by Gasteiger charge is 2.39. The molecule has 1 saturated carbocycles. The van der Waals surface area contributed by atoms with Gasteiger partial charge in [-0.15, -0.1) is 11.8 Å². The SMILES string of the molecule is CC(C)[C@@H]1CC[C@H](C)C[C@H]1OC(=O)[C@H]1O[C@@H](n2cc(F)c(N)nc2=O)CS1. The van der Waals surface area contributed by atoms with Gasteiger partial charge in [-0.25, -0.2) is 14.0 Å². The lowest BCUT2D eigenvalue weighted by atomic mass is 9.75. The fraction of sp³-hybridized carbons (Fsp3) is 0.722. The molecule has 0 spiro atoms. The number of nitrogen functional groups attached to an aromatic ring is 1. The quantitative estimate of drug-likeness (QED) is 0.777. The van der Waals surface area contributed by atoms with E-state index in [9.17, 15) is 14.0 Å². The maximum absolute atomic E-state index is 13.6. The second-order valence-corrected chi connectivity index (χ2v) is 8.82. The summed E-state index contributed by atoms with van der Waals surface area (Å²) in [6.45, 7) is 6.46. The van der Waals surface area contributed by atoms with Crippen LogP contribution >= 0.6 is 11.8 Å². The van der Waals surface area contributed by atoms with Gasteiger partial charge in [-0.3, -0.25) is 4.57 Å². The molecule has 0 aromatic carbocycles. The smallest absolute Gasteiger partial charge is 0.351 e. The zero-order valence-electron chi connectivity index (χ0n) is 15.8. The van der Waals surface area contributed by atoms with Crippen LogP contribution in [0.1, 0.15) is 46.3 Å². The minimum atomic E-state index is -0.840. The molecule has 150 valence electrons. The summed E-state index contributed by atoms with van der Waals surface area (Å²) in [5, 5.41) is 0. The Kier molecular flexibility index (Phi) is 6.10. The molecule has 9 heteroatoms. The number of aromatic nitrogens is 2. The molecule has 3 rings (SSSR count). The van der Waals surface area contributed by atoms with E-state index in [-0.39, 0.29) is 6.10 Å². The fourth-order valence-electron chi connectivity index (χ4n) is 3.78. The topological polar surface area (TPSA) is 96.4 Å². The van der Waals surface area contributed by atoms with Gasteiger partial charge < -0.3 is 15.2 Å². The van der Waals surface area contributed by atoms with Gasteiger partial charge in [0.05, 0.1) is 6.20 Å². The third-order valence-electron chi connectivity index (χ3n) is 5.34. The van der Waals surface area contributed by atoms with Gasteiger partial charge in [-0.05, 0) is 30.6 Å². The van der Waals surface area contributed by atoms with Gasteiger partial charge in [-0.1, -0.05) is 27.2 Å². The summed E-state index contributed by atoms with van der Waals surface area (Å²) in [4.78, 5) is 28.0. The first-order valence-corrected chi connectivity index (χ1v) is 10.3. The maximum Gasteiger partial charge on any atom is 0.351 e. The predicted molar refractivity (Wildman–Crippen MR) is 100 cm³/mol. The molecule has 0 amide bonds. The highest BCUT2D eigenvalue weighted by atomic mass is 32.2. The number of nitrogens with zero attached hydrogens (tertiary/aromatic N) is 2. The average Bonchev–Trinajstić information content (AvgIpc) is 3.08. The summed E-state index contributed by atoms with van der Waals surface area (Å²) in [5.74, 6) is -0.0872. The van der Waals surface area contributed by atoms with E-state index in [2.05, 4.69) is 25.8 Å². The van der Waals surface area contributed by atoms with Crippen molar-refractivity contribution in [2.45, 2.75) is 57.8 Å². The Balaban J connectivity index is 1.65. The summed E-state index contributed by atoms with van der Waals surface area (Å²) in [7, 11) is 0. The number of halogens is 1. The van der Waals surface area contributed by atoms with E-state index >= 15 is 0 Å². The molecule has 1 aliphatic heterocycles. The Labute approximate surface area is 161 Å². The van der Waals surface area contributed by atoms with Crippen LogP contribution in [0.15, 0.2) is 11.0 Å². The molecule has 1 aromatic heterocycles. The van der Waals surface area contributed by atoms with Crippen molar-refractivity contribution >= 4 is 23.5 Å². The molecule has 0 unspecified atom stereocenters. The van der Waals surface area contributed by atoms with Crippen LogP contribution in [-0.4, -0.2) is 32.8 Å². The largest absolute Gasteiger partial charge is 0.459 e. The Morgan fingerprint density at radius 3 is 2.93 bits per heavy atom. The zero-order valence-corrected chi connectivity index (χ0v) is 16.6. The molecular weight excluding hydrogens is 373 g/mol. The highest BCUT2D eigenvalue weighted by Crippen LogP contribution is 2.37. The van der Waals surface area contributed by atoms with Crippen molar-refractivity contribution in [2.24, 2.45) is 17.8 Å². The van der Waals surface area contributed by atoms with Crippen molar-refractivity contribution in [2.75, 3.05) is 11.5 Å². The molecule has 2 N–H and O–H groups in total. The number of nitrogens with two attached hydrogens (primary N) is 1. The highest BCUT2D eigenvalue weighted by molar-refractivity contribution is 8.00. The van der Waals surface area contributed by atoms with Crippen molar-refractivity contribution in [1.82, 2.24) is 9.55 Å². The van der Waals surface area contributed by atoms with Crippen LogP contribution in [0.5, 0.6) is 0 Å². The molecule has 1 aromatic rings. The standard InChI is InChI=1S/C18H26FN3O4S/c1-9(2)11-5-4-10(3)6-13(11)25-16(23)17-26-14(8-27-17)22-7-12(19)15(20)21-18(22)24/h7,9-11,13-14,17H,4-6,8H2,1-3H3,(H2,20,21,24)/t10-,11-,13+,14+,17-/m0/s1. The first kappa shape index (κ1) is 20.1. The lowest BCUT2D eigenvalue weighted by Gasteiger charge is -2.37. The minimum Gasteiger partial charge on any atom is -0.459 e. The Morgan fingerprint density at radius 2 is 2.22 bits per heavy atom. The molecule has 2 heterocycles. The minimum absolute atomic E-state index is 0.122. The number of anilines is 1. The molecule has 0 bridgehead atoms. The van der Waals surface area contributed by atoms with Crippen LogP contribution in [0.3, 0.4) is 0 Å². The lowest BCUT2D eigenvalue weighted by molar-refractivity contribution is -0.166. The van der Waals surface area contributed by atoms with E-state index in [1.165, 1.54) is 11.8 Å². The summed E-state index contributed by atoms with van der Waals surface area (Å²) < 4.78 is 26.1. The average molecular weight is 399 g/mol. The van der Waals surface area contributed by atoms with Crippen molar-refractivity contribution < 1.29 is 18.7 Å². The number of thioether (sulfide) groups is 1. The van der Waals surface area contributed by atoms with Gasteiger partial charge in [0.1, 0.15) is 12.3 Å². The number of ether oxygens (including phenoxy) is 2. The number of esters is 1. The second-order valence-electron chi connectivity index (χ2n) is 7.72. The van der Waals surface area contributed by atoms with Crippen molar-refractivity contribution in [3.8, 4) is 0 Å². The third-order valence-corrected chi connectivity index (χ3v) is 6.42. The normalized spacial score (nSPS) is 31.2. The molecular formula is C18H26FN3O4S. The Hall–Kier alpha value is -1.61. The lowest BCUT2D eigenvalue weighted by Crippen LogP contribution is -2.38. The maximum atomic E-state index is 13.6. The number of carbonyl (C=O) groups excluding carboxylic acids is 1. The molecule has 0 radical (unpaired) electrons. The van der Waals surface area contributed by atoms with Gasteiger partial charge >= 0.3 is 11.7 Å². The molecule has 2 fully saturated rings. The van der Waals surface area contributed by atoms with E-state index in [1.54, 1.807) is 0 Å². The van der Waals surface area contributed by atoms with Crippen LogP contribution in [0.2, 0.25) is 0 Å². The fourth-order valence-corrected chi connectivity index (χ4v) is 4.76. The summed E-state index contributed by atoms with van der Waals surface area (Å²) in [6, 6.07) is 0. The third kappa shape index (κ3) is 4.45. The number of carbonyl (C=O) groups is 1. The Morgan fingerprint density at radius 1 is 1.48 bits per heavy atom. The molecule has 27 heavy (non-hydrogen) atoms.